The number of benzene rings is 2. The molecule has 0 heterocycles. The summed E-state index contributed by atoms with van der Waals surface area (Å²) in [7, 11) is 0. The molecule has 0 aliphatic rings. The number of rotatable bonds is 4. The van der Waals surface area contributed by atoms with Gasteiger partial charge in [-0.2, -0.15) is 5.26 Å². The largest absolute Gasteiger partial charge is 0.378 e. The second-order valence-electron chi connectivity index (χ2n) is 4.46. The second kappa shape index (κ2) is 6.40. The van der Waals surface area contributed by atoms with Crippen LogP contribution in [0.2, 0.25) is 5.02 Å². The Labute approximate surface area is 122 Å². The fourth-order valence-electron chi connectivity index (χ4n) is 2.01. The predicted molar refractivity (Wildman–Crippen MR) is 79.2 cm³/mol. The molecule has 2 aromatic carbocycles. The zero-order chi connectivity index (χ0) is 14.5. The summed E-state index contributed by atoms with van der Waals surface area (Å²) in [4.78, 5) is 0. The van der Waals surface area contributed by atoms with Gasteiger partial charge in [0.15, 0.2) is 0 Å². The second-order valence-corrected chi connectivity index (χ2v) is 4.87. The van der Waals surface area contributed by atoms with Gasteiger partial charge in [-0.05, 0) is 42.3 Å². The van der Waals surface area contributed by atoms with Crippen molar-refractivity contribution in [2.45, 2.75) is 19.4 Å². The summed E-state index contributed by atoms with van der Waals surface area (Å²) >= 11 is 6.01. The summed E-state index contributed by atoms with van der Waals surface area (Å²) in [6.45, 7) is 2.05. The fourth-order valence-corrected chi connectivity index (χ4v) is 2.24. The van der Waals surface area contributed by atoms with E-state index in [4.69, 9.17) is 16.9 Å². The first-order chi connectivity index (χ1) is 9.63. The highest BCUT2D eigenvalue weighted by Gasteiger charge is 2.10. The van der Waals surface area contributed by atoms with Crippen molar-refractivity contribution in [2.75, 3.05) is 5.32 Å². The molecule has 2 rings (SSSR count). The number of hydrogen-bond donors (Lipinski definition) is 1. The molecule has 0 aliphatic carbocycles. The van der Waals surface area contributed by atoms with Crippen molar-refractivity contribution in [3.05, 3.63) is 64.4 Å². The quantitative estimate of drug-likeness (QED) is 0.867. The van der Waals surface area contributed by atoms with Crippen LogP contribution in [-0.4, -0.2) is 0 Å². The van der Waals surface area contributed by atoms with Crippen LogP contribution in [-0.2, 0) is 0 Å². The topological polar surface area (TPSA) is 35.8 Å². The van der Waals surface area contributed by atoms with Gasteiger partial charge in [0.05, 0.1) is 16.6 Å². The molecule has 0 spiro atoms. The lowest BCUT2D eigenvalue weighted by molar-refractivity contribution is 0.625. The highest BCUT2D eigenvalue weighted by molar-refractivity contribution is 6.32. The number of hydrogen-bond acceptors (Lipinski definition) is 2. The van der Waals surface area contributed by atoms with E-state index >= 15 is 0 Å². The maximum Gasteiger partial charge on any atom is 0.123 e. The summed E-state index contributed by atoms with van der Waals surface area (Å²) < 4.78 is 12.9. The maximum absolute atomic E-state index is 12.9. The molecule has 2 aromatic rings. The van der Waals surface area contributed by atoms with Gasteiger partial charge in [0.25, 0.3) is 0 Å². The van der Waals surface area contributed by atoms with Crippen LogP contribution in [0.1, 0.15) is 30.5 Å². The number of nitriles is 1. The normalized spacial score (nSPS) is 11.7. The zero-order valence-electron chi connectivity index (χ0n) is 11.0. The van der Waals surface area contributed by atoms with Gasteiger partial charge in [0.1, 0.15) is 11.9 Å². The minimum atomic E-state index is -0.245. The molecule has 1 unspecified atom stereocenters. The molecule has 20 heavy (non-hydrogen) atoms. The van der Waals surface area contributed by atoms with E-state index in [1.54, 1.807) is 24.3 Å². The highest BCUT2D eigenvalue weighted by Crippen LogP contribution is 2.26. The van der Waals surface area contributed by atoms with Crippen LogP contribution in [0.5, 0.6) is 0 Å². The molecule has 102 valence electrons. The van der Waals surface area contributed by atoms with Gasteiger partial charge < -0.3 is 5.32 Å². The molecule has 0 fully saturated rings. The summed E-state index contributed by atoms with van der Waals surface area (Å²) in [6, 6.07) is 13.8. The van der Waals surface area contributed by atoms with Gasteiger partial charge in [0.2, 0.25) is 0 Å². The lowest BCUT2D eigenvalue weighted by Gasteiger charge is -2.19. The minimum absolute atomic E-state index is 0.0691. The summed E-state index contributed by atoms with van der Waals surface area (Å²) in [5.41, 5.74) is 2.30. The molecule has 0 aliphatic heterocycles. The Hall–Kier alpha value is -2.05. The first-order valence-corrected chi connectivity index (χ1v) is 6.73. The van der Waals surface area contributed by atoms with Gasteiger partial charge in [-0.3, -0.25) is 0 Å². The Balaban J connectivity index is 2.20. The maximum atomic E-state index is 12.9. The van der Waals surface area contributed by atoms with Crippen LogP contribution in [0, 0.1) is 17.1 Å². The third-order valence-corrected chi connectivity index (χ3v) is 3.42. The van der Waals surface area contributed by atoms with Crippen LogP contribution >= 0.6 is 11.6 Å². The van der Waals surface area contributed by atoms with Crippen LogP contribution in [0.3, 0.4) is 0 Å². The van der Waals surface area contributed by atoms with Crippen molar-refractivity contribution >= 4 is 17.3 Å². The van der Waals surface area contributed by atoms with E-state index in [0.29, 0.717) is 10.6 Å². The zero-order valence-corrected chi connectivity index (χ0v) is 11.8. The molecule has 0 radical (unpaired) electrons. The molecule has 4 heteroatoms. The van der Waals surface area contributed by atoms with Crippen LogP contribution in [0.15, 0.2) is 42.5 Å². The number of nitrogens with one attached hydrogen (secondary N) is 1. The third-order valence-electron chi connectivity index (χ3n) is 3.11. The summed E-state index contributed by atoms with van der Waals surface area (Å²) in [5, 5.41) is 12.6. The van der Waals surface area contributed by atoms with Crippen molar-refractivity contribution in [1.82, 2.24) is 0 Å². The van der Waals surface area contributed by atoms with Crippen molar-refractivity contribution in [3.63, 3.8) is 0 Å². The van der Waals surface area contributed by atoms with Gasteiger partial charge in [-0.1, -0.05) is 30.7 Å². The molecule has 1 N–H and O–H groups in total. The molecular formula is C16H14ClFN2. The average molecular weight is 289 g/mol. The van der Waals surface area contributed by atoms with Crippen molar-refractivity contribution < 1.29 is 4.39 Å². The first kappa shape index (κ1) is 14.4. The number of halogens is 2. The van der Waals surface area contributed by atoms with E-state index in [9.17, 15) is 4.39 Å². The van der Waals surface area contributed by atoms with E-state index < -0.39 is 0 Å². The Morgan fingerprint density at radius 2 is 1.95 bits per heavy atom. The highest BCUT2D eigenvalue weighted by atomic mass is 35.5. The van der Waals surface area contributed by atoms with Crippen molar-refractivity contribution in [2.24, 2.45) is 0 Å². The van der Waals surface area contributed by atoms with Gasteiger partial charge in [0, 0.05) is 5.69 Å². The fraction of sp³-hybridized carbons (Fsp3) is 0.188. The minimum Gasteiger partial charge on any atom is -0.378 e. The van der Waals surface area contributed by atoms with Crippen LogP contribution < -0.4 is 5.32 Å². The Morgan fingerprint density at radius 1 is 1.25 bits per heavy atom. The van der Waals surface area contributed by atoms with Gasteiger partial charge in [-0.25, -0.2) is 4.39 Å². The summed E-state index contributed by atoms with van der Waals surface area (Å²) in [6.07, 6.45) is 0.850. The molecular weight excluding hydrogens is 275 g/mol. The van der Waals surface area contributed by atoms with Crippen LogP contribution in [0.4, 0.5) is 10.1 Å². The Morgan fingerprint density at radius 3 is 2.50 bits per heavy atom. The van der Waals surface area contributed by atoms with Gasteiger partial charge in [-0.15, -0.1) is 0 Å². The van der Waals surface area contributed by atoms with E-state index in [1.165, 1.54) is 12.1 Å². The third kappa shape index (κ3) is 3.28. The van der Waals surface area contributed by atoms with Crippen molar-refractivity contribution in [1.29, 1.82) is 5.26 Å². The van der Waals surface area contributed by atoms with E-state index in [-0.39, 0.29) is 11.9 Å². The standard InChI is InChI=1S/C16H14ClFN2/c1-2-16(11-3-6-13(18)7-4-11)20-14-8-5-12(10-19)15(17)9-14/h3-9,16,20H,2H2,1H3. The molecule has 0 bridgehead atoms. The molecule has 2 nitrogen and oxygen atoms in total. The van der Waals surface area contributed by atoms with Crippen LogP contribution in [0.25, 0.3) is 0 Å². The van der Waals surface area contributed by atoms with E-state index in [0.717, 1.165) is 17.7 Å². The number of anilines is 1. The molecule has 0 aromatic heterocycles. The molecule has 0 saturated heterocycles. The molecule has 0 amide bonds. The van der Waals surface area contributed by atoms with E-state index in [1.807, 2.05) is 19.1 Å². The monoisotopic (exact) mass is 288 g/mol. The smallest absolute Gasteiger partial charge is 0.123 e. The summed E-state index contributed by atoms with van der Waals surface area (Å²) in [5.74, 6) is -0.245. The van der Waals surface area contributed by atoms with Gasteiger partial charge >= 0.3 is 0 Å². The SMILES string of the molecule is CCC(Nc1ccc(C#N)c(Cl)c1)c1ccc(F)cc1. The Kier molecular flexibility index (Phi) is 4.60. The van der Waals surface area contributed by atoms with Crippen molar-refractivity contribution in [3.8, 4) is 6.07 Å². The lowest BCUT2D eigenvalue weighted by atomic mass is 10.0. The molecule has 0 saturated carbocycles. The molecule has 1 atom stereocenters. The van der Waals surface area contributed by atoms with E-state index in [2.05, 4.69) is 5.32 Å². The Bertz CT molecular complexity index is 632. The first-order valence-electron chi connectivity index (χ1n) is 6.35. The lowest BCUT2D eigenvalue weighted by Crippen LogP contribution is -2.09. The average Bonchev–Trinajstić information content (AvgIpc) is 2.46. The predicted octanol–water partition coefficient (Wildman–Crippen LogP) is 4.91. The number of nitrogens with zero attached hydrogens (tertiary/aromatic N) is 1.